The molecule has 0 heterocycles. The summed E-state index contributed by atoms with van der Waals surface area (Å²) in [7, 11) is 0. The van der Waals surface area contributed by atoms with Gasteiger partial charge in [-0.3, -0.25) is 0 Å². The third-order valence-corrected chi connectivity index (χ3v) is 4.35. The minimum absolute atomic E-state index is 0.202. The van der Waals surface area contributed by atoms with Gasteiger partial charge in [0.25, 0.3) is 0 Å². The van der Waals surface area contributed by atoms with Crippen molar-refractivity contribution in [1.82, 2.24) is 0 Å². The van der Waals surface area contributed by atoms with Gasteiger partial charge in [-0.05, 0) is 62.9 Å². The van der Waals surface area contributed by atoms with Gasteiger partial charge in [0.15, 0.2) is 0 Å². The normalized spacial score (nSPS) is 12.5. The van der Waals surface area contributed by atoms with Crippen LogP contribution in [0.3, 0.4) is 0 Å². The summed E-state index contributed by atoms with van der Waals surface area (Å²) >= 11 is 3.83. The van der Waals surface area contributed by atoms with Crippen molar-refractivity contribution < 1.29 is 4.74 Å². The molecule has 0 aliphatic rings. The fourth-order valence-corrected chi connectivity index (χ4v) is 3.02. The maximum absolute atomic E-state index is 5.78. The van der Waals surface area contributed by atoms with Crippen LogP contribution in [0.5, 0.6) is 5.75 Å². The Morgan fingerprint density at radius 1 is 1.05 bits per heavy atom. The first kappa shape index (κ1) is 16.1. The molecule has 2 rings (SSSR count). The van der Waals surface area contributed by atoms with E-state index < -0.39 is 0 Å². The van der Waals surface area contributed by atoms with Gasteiger partial charge >= 0.3 is 0 Å². The van der Waals surface area contributed by atoms with Crippen LogP contribution in [0.1, 0.15) is 40.9 Å². The second kappa shape index (κ2) is 7.13. The molecular formula is C19H23BrO. The second-order valence-electron chi connectivity index (χ2n) is 5.84. The largest absolute Gasteiger partial charge is 0.491 e. The molecule has 0 amide bonds. The van der Waals surface area contributed by atoms with E-state index in [9.17, 15) is 0 Å². The SMILES string of the molecule is Cc1ccc(C)c(CC(Br)c2cccc(OC(C)C)c2)c1. The van der Waals surface area contributed by atoms with Gasteiger partial charge in [0.05, 0.1) is 6.10 Å². The molecule has 2 heteroatoms. The zero-order valence-electron chi connectivity index (χ0n) is 13.2. The molecular weight excluding hydrogens is 324 g/mol. The highest BCUT2D eigenvalue weighted by molar-refractivity contribution is 9.09. The fourth-order valence-electron chi connectivity index (χ4n) is 2.39. The number of benzene rings is 2. The van der Waals surface area contributed by atoms with Gasteiger partial charge in [0, 0.05) is 4.83 Å². The van der Waals surface area contributed by atoms with Crippen LogP contribution in [0.4, 0.5) is 0 Å². The molecule has 0 bridgehead atoms. The van der Waals surface area contributed by atoms with Crippen LogP contribution in [0.25, 0.3) is 0 Å². The van der Waals surface area contributed by atoms with Crippen molar-refractivity contribution in [3.05, 3.63) is 64.7 Å². The molecule has 2 aromatic carbocycles. The van der Waals surface area contributed by atoms with E-state index in [0.717, 1.165) is 12.2 Å². The van der Waals surface area contributed by atoms with Crippen LogP contribution >= 0.6 is 15.9 Å². The Labute approximate surface area is 136 Å². The minimum Gasteiger partial charge on any atom is -0.491 e. The van der Waals surface area contributed by atoms with Gasteiger partial charge in [-0.15, -0.1) is 0 Å². The summed E-state index contributed by atoms with van der Waals surface area (Å²) in [5.74, 6) is 0.938. The number of ether oxygens (including phenoxy) is 1. The van der Waals surface area contributed by atoms with E-state index in [-0.39, 0.29) is 6.10 Å². The third-order valence-electron chi connectivity index (χ3n) is 3.50. The summed E-state index contributed by atoms with van der Waals surface area (Å²) < 4.78 is 5.78. The topological polar surface area (TPSA) is 9.23 Å². The standard InChI is InChI=1S/C19H23BrO/c1-13(2)21-18-7-5-6-16(11-18)19(20)12-17-10-14(3)8-9-15(17)4/h5-11,13,19H,12H2,1-4H3. The molecule has 0 aliphatic heterocycles. The van der Waals surface area contributed by atoms with Gasteiger partial charge in [-0.25, -0.2) is 0 Å². The Hall–Kier alpha value is -1.28. The molecule has 0 aromatic heterocycles. The monoisotopic (exact) mass is 346 g/mol. The van der Waals surface area contributed by atoms with Crippen LogP contribution in [0.15, 0.2) is 42.5 Å². The zero-order valence-corrected chi connectivity index (χ0v) is 14.8. The Morgan fingerprint density at radius 2 is 1.81 bits per heavy atom. The van der Waals surface area contributed by atoms with Crippen LogP contribution in [-0.2, 0) is 6.42 Å². The molecule has 0 saturated heterocycles. The van der Waals surface area contributed by atoms with Crippen LogP contribution < -0.4 is 4.74 Å². The maximum Gasteiger partial charge on any atom is 0.119 e. The van der Waals surface area contributed by atoms with Crippen LogP contribution in [-0.4, -0.2) is 6.10 Å². The number of hydrogen-bond donors (Lipinski definition) is 0. The van der Waals surface area contributed by atoms with Crippen molar-refractivity contribution in [3.63, 3.8) is 0 Å². The number of halogens is 1. The summed E-state index contributed by atoms with van der Waals surface area (Å²) in [5, 5.41) is 0. The smallest absolute Gasteiger partial charge is 0.119 e. The Balaban J connectivity index is 2.16. The molecule has 1 nitrogen and oxygen atoms in total. The predicted octanol–water partition coefficient (Wildman–Crippen LogP) is 5.77. The van der Waals surface area contributed by atoms with Gasteiger partial charge in [-0.1, -0.05) is 51.8 Å². The predicted molar refractivity (Wildman–Crippen MR) is 93.5 cm³/mol. The molecule has 0 aliphatic carbocycles. The van der Waals surface area contributed by atoms with Gasteiger partial charge in [0.1, 0.15) is 5.75 Å². The van der Waals surface area contributed by atoms with E-state index in [4.69, 9.17) is 4.74 Å². The summed E-state index contributed by atoms with van der Waals surface area (Å²) in [6.07, 6.45) is 1.19. The van der Waals surface area contributed by atoms with E-state index in [0.29, 0.717) is 4.83 Å². The number of hydrogen-bond acceptors (Lipinski definition) is 1. The van der Waals surface area contributed by atoms with Crippen molar-refractivity contribution in [2.24, 2.45) is 0 Å². The average Bonchev–Trinajstić information content (AvgIpc) is 2.42. The lowest BCUT2D eigenvalue weighted by Gasteiger charge is -2.15. The van der Waals surface area contributed by atoms with E-state index >= 15 is 0 Å². The van der Waals surface area contributed by atoms with Crippen molar-refractivity contribution >= 4 is 15.9 Å². The van der Waals surface area contributed by atoms with Crippen molar-refractivity contribution in [2.75, 3.05) is 0 Å². The Kier molecular flexibility index (Phi) is 5.46. The highest BCUT2D eigenvalue weighted by Gasteiger charge is 2.11. The van der Waals surface area contributed by atoms with E-state index in [1.807, 2.05) is 19.9 Å². The number of alkyl halides is 1. The molecule has 1 unspecified atom stereocenters. The fraction of sp³-hybridized carbons (Fsp3) is 0.368. The summed E-state index contributed by atoms with van der Waals surface area (Å²) in [4.78, 5) is 0.300. The molecule has 0 saturated carbocycles. The number of aryl methyl sites for hydroxylation is 2. The minimum atomic E-state index is 0.202. The molecule has 1 atom stereocenters. The lowest BCUT2D eigenvalue weighted by atomic mass is 9.98. The first-order chi connectivity index (χ1) is 9.95. The Bertz CT molecular complexity index is 604. The van der Waals surface area contributed by atoms with Gasteiger partial charge in [-0.2, -0.15) is 0 Å². The molecule has 0 fully saturated rings. The van der Waals surface area contributed by atoms with Gasteiger partial charge < -0.3 is 4.74 Å². The highest BCUT2D eigenvalue weighted by atomic mass is 79.9. The lowest BCUT2D eigenvalue weighted by Crippen LogP contribution is -2.06. The quantitative estimate of drug-likeness (QED) is 0.624. The molecule has 0 spiro atoms. The molecule has 21 heavy (non-hydrogen) atoms. The number of rotatable bonds is 5. The average molecular weight is 347 g/mol. The summed E-state index contributed by atoms with van der Waals surface area (Å²) in [6.45, 7) is 8.42. The zero-order chi connectivity index (χ0) is 15.4. The van der Waals surface area contributed by atoms with Crippen LogP contribution in [0.2, 0.25) is 0 Å². The Morgan fingerprint density at radius 3 is 2.52 bits per heavy atom. The van der Waals surface area contributed by atoms with E-state index in [1.54, 1.807) is 0 Å². The first-order valence-electron chi connectivity index (χ1n) is 7.42. The maximum atomic E-state index is 5.78. The highest BCUT2D eigenvalue weighted by Crippen LogP contribution is 2.30. The van der Waals surface area contributed by atoms with Gasteiger partial charge in [0.2, 0.25) is 0 Å². The third kappa shape index (κ3) is 4.60. The van der Waals surface area contributed by atoms with E-state index in [2.05, 4.69) is 66.2 Å². The van der Waals surface area contributed by atoms with Crippen molar-refractivity contribution in [3.8, 4) is 5.75 Å². The molecule has 0 radical (unpaired) electrons. The second-order valence-corrected chi connectivity index (χ2v) is 6.95. The molecule has 0 N–H and O–H groups in total. The van der Waals surface area contributed by atoms with Crippen molar-refractivity contribution in [1.29, 1.82) is 0 Å². The van der Waals surface area contributed by atoms with E-state index in [1.165, 1.54) is 22.3 Å². The first-order valence-corrected chi connectivity index (χ1v) is 8.34. The summed E-state index contributed by atoms with van der Waals surface area (Å²) in [6, 6.07) is 15.0. The van der Waals surface area contributed by atoms with Crippen LogP contribution in [0, 0.1) is 13.8 Å². The summed E-state index contributed by atoms with van der Waals surface area (Å²) in [5.41, 5.74) is 5.31. The van der Waals surface area contributed by atoms with Crippen molar-refractivity contribution in [2.45, 2.75) is 45.0 Å². The molecule has 112 valence electrons. The molecule has 2 aromatic rings. The lowest BCUT2D eigenvalue weighted by molar-refractivity contribution is 0.242.